The first-order valence-electron chi connectivity index (χ1n) is 6.69. The number of carbonyl (C=O) groups is 1. The van der Waals surface area contributed by atoms with Crippen LogP contribution in [-0.2, 0) is 0 Å². The minimum Gasteiger partial charge on any atom is -0.345 e. The molecule has 0 heterocycles. The lowest BCUT2D eigenvalue weighted by molar-refractivity contribution is 0.0894. The number of nitrogens with two attached hydrogens (primary N) is 1. The third-order valence-corrected chi connectivity index (χ3v) is 4.54. The predicted molar refractivity (Wildman–Crippen MR) is 82.8 cm³/mol. The maximum atomic E-state index is 12.5. The number of hydrogen-bond donors (Lipinski definition) is 2. The van der Waals surface area contributed by atoms with Gasteiger partial charge in [-0.15, -0.1) is 11.8 Å². The summed E-state index contributed by atoms with van der Waals surface area (Å²) in [5.74, 6) is -0.0254. The number of aryl methyl sites for hydroxylation is 1. The molecule has 0 unspecified atom stereocenters. The number of benzene rings is 1. The molecule has 1 amide bonds. The molecule has 3 nitrogen and oxygen atoms in total. The molecule has 0 fully saturated rings. The molecular formula is C15H24N2OS. The summed E-state index contributed by atoms with van der Waals surface area (Å²) in [6.07, 6.45) is 3.69. The van der Waals surface area contributed by atoms with Gasteiger partial charge in [-0.2, -0.15) is 0 Å². The highest BCUT2D eigenvalue weighted by molar-refractivity contribution is 7.98. The molecule has 0 spiro atoms. The van der Waals surface area contributed by atoms with Crippen LogP contribution in [0.4, 0.5) is 0 Å². The fourth-order valence-electron chi connectivity index (χ4n) is 2.05. The van der Waals surface area contributed by atoms with E-state index in [-0.39, 0.29) is 11.4 Å². The summed E-state index contributed by atoms with van der Waals surface area (Å²) in [6, 6.07) is 5.97. The van der Waals surface area contributed by atoms with Crippen molar-refractivity contribution in [1.29, 1.82) is 0 Å². The van der Waals surface area contributed by atoms with Crippen molar-refractivity contribution in [1.82, 2.24) is 5.32 Å². The molecule has 0 radical (unpaired) electrons. The van der Waals surface area contributed by atoms with Crippen molar-refractivity contribution in [2.75, 3.05) is 12.8 Å². The highest BCUT2D eigenvalue weighted by Gasteiger charge is 2.27. The fourth-order valence-corrected chi connectivity index (χ4v) is 2.49. The number of hydrogen-bond acceptors (Lipinski definition) is 3. The van der Waals surface area contributed by atoms with Gasteiger partial charge >= 0.3 is 0 Å². The summed E-state index contributed by atoms with van der Waals surface area (Å²) in [4.78, 5) is 13.5. The predicted octanol–water partition coefficient (Wildman–Crippen LogP) is 2.96. The summed E-state index contributed by atoms with van der Waals surface area (Å²) in [7, 11) is 0. The molecule has 1 rings (SSSR count). The van der Waals surface area contributed by atoms with Crippen LogP contribution in [0.15, 0.2) is 23.1 Å². The van der Waals surface area contributed by atoms with Gasteiger partial charge in [0.2, 0.25) is 0 Å². The highest BCUT2D eigenvalue weighted by Crippen LogP contribution is 2.21. The first kappa shape index (κ1) is 16.1. The van der Waals surface area contributed by atoms with E-state index in [9.17, 15) is 4.79 Å². The number of thioether (sulfide) groups is 1. The zero-order valence-corrected chi connectivity index (χ0v) is 13.1. The molecule has 19 heavy (non-hydrogen) atoms. The second kappa shape index (κ2) is 6.96. The smallest absolute Gasteiger partial charge is 0.252 e. The molecule has 0 saturated heterocycles. The molecule has 4 heteroatoms. The summed E-state index contributed by atoms with van der Waals surface area (Å²) in [5, 5.41) is 3.11. The minimum atomic E-state index is -0.293. The summed E-state index contributed by atoms with van der Waals surface area (Å²) in [6.45, 7) is 6.54. The molecule has 106 valence electrons. The maximum Gasteiger partial charge on any atom is 0.252 e. The highest BCUT2D eigenvalue weighted by atomic mass is 32.2. The van der Waals surface area contributed by atoms with Crippen molar-refractivity contribution in [2.45, 2.75) is 44.0 Å². The average Bonchev–Trinajstić information content (AvgIpc) is 2.45. The van der Waals surface area contributed by atoms with Crippen molar-refractivity contribution < 1.29 is 4.79 Å². The monoisotopic (exact) mass is 280 g/mol. The van der Waals surface area contributed by atoms with Gasteiger partial charge in [-0.3, -0.25) is 4.79 Å². The Morgan fingerprint density at radius 1 is 1.37 bits per heavy atom. The molecule has 0 saturated carbocycles. The van der Waals surface area contributed by atoms with Gasteiger partial charge in [0.05, 0.1) is 5.54 Å². The van der Waals surface area contributed by atoms with Gasteiger partial charge in [0.25, 0.3) is 5.91 Å². The molecule has 0 atom stereocenters. The number of carbonyl (C=O) groups excluding carboxylic acids is 1. The Labute approximate surface area is 120 Å². The molecule has 1 aromatic carbocycles. The van der Waals surface area contributed by atoms with Crippen LogP contribution >= 0.6 is 11.8 Å². The lowest BCUT2D eigenvalue weighted by Gasteiger charge is -2.31. The first-order valence-corrected chi connectivity index (χ1v) is 7.91. The lowest BCUT2D eigenvalue weighted by atomic mass is 9.92. The summed E-state index contributed by atoms with van der Waals surface area (Å²) in [5.41, 5.74) is 7.27. The zero-order valence-electron chi connectivity index (χ0n) is 12.2. The standard InChI is InChI=1S/C15H24N2OS/c1-5-15(6-2,10-16)17-14(18)13-9-12(19-4)8-7-11(13)3/h7-9H,5-6,10,16H2,1-4H3,(H,17,18). The third-order valence-electron chi connectivity index (χ3n) is 3.81. The van der Waals surface area contributed by atoms with Crippen LogP contribution < -0.4 is 11.1 Å². The lowest BCUT2D eigenvalue weighted by Crippen LogP contribution is -2.53. The molecule has 0 aliphatic rings. The topological polar surface area (TPSA) is 55.1 Å². The molecule has 1 aromatic rings. The van der Waals surface area contributed by atoms with E-state index < -0.39 is 0 Å². The maximum absolute atomic E-state index is 12.5. The van der Waals surface area contributed by atoms with E-state index in [1.165, 1.54) is 0 Å². The van der Waals surface area contributed by atoms with E-state index in [1.807, 2.05) is 31.4 Å². The van der Waals surface area contributed by atoms with Crippen LogP contribution in [0.25, 0.3) is 0 Å². The van der Waals surface area contributed by atoms with Gasteiger partial charge in [-0.25, -0.2) is 0 Å². The quantitative estimate of drug-likeness (QED) is 0.788. The largest absolute Gasteiger partial charge is 0.345 e. The van der Waals surface area contributed by atoms with Gasteiger partial charge in [0.15, 0.2) is 0 Å². The molecule has 0 aromatic heterocycles. The van der Waals surface area contributed by atoms with Crippen LogP contribution in [0.3, 0.4) is 0 Å². The Morgan fingerprint density at radius 2 is 2.00 bits per heavy atom. The molecular weight excluding hydrogens is 256 g/mol. The summed E-state index contributed by atoms with van der Waals surface area (Å²) < 4.78 is 0. The number of amides is 1. The van der Waals surface area contributed by atoms with Crippen LogP contribution in [0, 0.1) is 6.92 Å². The molecule has 3 N–H and O–H groups in total. The van der Waals surface area contributed by atoms with Crippen LogP contribution in [0.1, 0.15) is 42.6 Å². The van der Waals surface area contributed by atoms with Crippen molar-refractivity contribution in [3.8, 4) is 0 Å². The van der Waals surface area contributed by atoms with Gasteiger partial charge in [0, 0.05) is 17.0 Å². The van der Waals surface area contributed by atoms with Crippen LogP contribution in [0.2, 0.25) is 0 Å². The Hall–Kier alpha value is -1.00. The second-order valence-corrected chi connectivity index (χ2v) is 5.71. The van der Waals surface area contributed by atoms with E-state index in [0.29, 0.717) is 6.54 Å². The number of nitrogens with one attached hydrogen (secondary N) is 1. The van der Waals surface area contributed by atoms with E-state index in [2.05, 4.69) is 19.2 Å². The molecule has 0 bridgehead atoms. The van der Waals surface area contributed by atoms with E-state index in [4.69, 9.17) is 5.73 Å². The zero-order chi connectivity index (χ0) is 14.5. The number of rotatable bonds is 6. The van der Waals surface area contributed by atoms with Gasteiger partial charge in [0.1, 0.15) is 0 Å². The first-order chi connectivity index (χ1) is 9.01. The van der Waals surface area contributed by atoms with Crippen LogP contribution in [0.5, 0.6) is 0 Å². The van der Waals surface area contributed by atoms with E-state index in [1.54, 1.807) is 11.8 Å². The molecule has 0 aliphatic heterocycles. The second-order valence-electron chi connectivity index (χ2n) is 4.83. The Kier molecular flexibility index (Phi) is 5.88. The van der Waals surface area contributed by atoms with Crippen molar-refractivity contribution in [3.63, 3.8) is 0 Å². The van der Waals surface area contributed by atoms with E-state index in [0.717, 1.165) is 28.9 Å². The Bertz CT molecular complexity index is 434. The van der Waals surface area contributed by atoms with Gasteiger partial charge < -0.3 is 11.1 Å². The van der Waals surface area contributed by atoms with Crippen molar-refractivity contribution in [2.24, 2.45) is 5.73 Å². The van der Waals surface area contributed by atoms with Gasteiger partial charge in [-0.05, 0) is 43.7 Å². The van der Waals surface area contributed by atoms with Gasteiger partial charge in [-0.1, -0.05) is 19.9 Å². The molecule has 0 aliphatic carbocycles. The van der Waals surface area contributed by atoms with Crippen molar-refractivity contribution >= 4 is 17.7 Å². The summed E-state index contributed by atoms with van der Waals surface area (Å²) >= 11 is 1.64. The fraction of sp³-hybridized carbons (Fsp3) is 0.533. The third kappa shape index (κ3) is 3.74. The SMILES string of the molecule is CCC(CC)(CN)NC(=O)c1cc(SC)ccc1C. The Balaban J connectivity index is 3.00. The van der Waals surface area contributed by atoms with Crippen LogP contribution in [-0.4, -0.2) is 24.2 Å². The van der Waals surface area contributed by atoms with E-state index >= 15 is 0 Å². The average molecular weight is 280 g/mol. The Morgan fingerprint density at radius 3 is 2.47 bits per heavy atom. The minimum absolute atomic E-state index is 0.0254. The normalized spacial score (nSPS) is 11.4. The van der Waals surface area contributed by atoms with Crippen molar-refractivity contribution in [3.05, 3.63) is 29.3 Å².